The number of likely N-dealkylation sites (tertiary alicyclic amines) is 1. The van der Waals surface area contributed by atoms with Crippen LogP contribution in [0.1, 0.15) is 19.8 Å². The lowest BCUT2D eigenvalue weighted by molar-refractivity contribution is -0.147. The summed E-state index contributed by atoms with van der Waals surface area (Å²) in [7, 11) is 0. The Bertz CT molecular complexity index is 408. The molecule has 18 heavy (non-hydrogen) atoms. The summed E-state index contributed by atoms with van der Waals surface area (Å²) in [5.74, 6) is -0.972. The van der Waals surface area contributed by atoms with Crippen LogP contribution in [0.4, 0.5) is 5.69 Å². The smallest absolute Gasteiger partial charge is 0.326 e. The van der Waals surface area contributed by atoms with E-state index in [9.17, 15) is 9.59 Å². The minimum atomic E-state index is -0.930. The first-order chi connectivity index (χ1) is 8.52. The molecule has 2 rings (SSSR count). The van der Waals surface area contributed by atoms with Gasteiger partial charge in [-0.1, -0.05) is 0 Å². The standard InChI is InChI=1S/C7H11NO3.C5H6N2/c1-5(7(10)11)8-4-2-3-6(8)9;6-5-2-1-3-7-4-5/h5H,2-4H2,1H3,(H,10,11);1-4H,6H2. The Kier molecular flexibility index (Phi) is 5.10. The lowest BCUT2D eigenvalue weighted by Crippen LogP contribution is -2.39. The van der Waals surface area contributed by atoms with Gasteiger partial charge in [0.25, 0.3) is 0 Å². The van der Waals surface area contributed by atoms with Crippen LogP contribution in [-0.2, 0) is 9.59 Å². The number of aliphatic carboxylic acids is 1. The molecule has 0 aromatic carbocycles. The van der Waals surface area contributed by atoms with Crippen LogP contribution in [0.2, 0.25) is 0 Å². The van der Waals surface area contributed by atoms with Crippen molar-refractivity contribution >= 4 is 17.6 Å². The molecule has 2 heterocycles. The Morgan fingerprint density at radius 3 is 2.67 bits per heavy atom. The number of rotatable bonds is 2. The highest BCUT2D eigenvalue weighted by atomic mass is 16.4. The molecule has 1 aliphatic heterocycles. The van der Waals surface area contributed by atoms with Crippen molar-refractivity contribution in [3.63, 3.8) is 0 Å². The van der Waals surface area contributed by atoms with Gasteiger partial charge in [-0.25, -0.2) is 4.79 Å². The Morgan fingerprint density at radius 2 is 2.33 bits per heavy atom. The number of carboxylic acid groups (broad SMARTS) is 1. The summed E-state index contributed by atoms with van der Waals surface area (Å²) in [5, 5.41) is 8.57. The van der Waals surface area contributed by atoms with Gasteiger partial charge in [0, 0.05) is 25.4 Å². The average Bonchev–Trinajstić information content (AvgIpc) is 2.76. The van der Waals surface area contributed by atoms with Crippen LogP contribution in [0, 0.1) is 0 Å². The fourth-order valence-corrected chi connectivity index (χ4v) is 1.59. The molecule has 0 saturated carbocycles. The summed E-state index contributed by atoms with van der Waals surface area (Å²) >= 11 is 0. The third-order valence-corrected chi connectivity index (χ3v) is 2.62. The molecule has 1 saturated heterocycles. The zero-order valence-corrected chi connectivity index (χ0v) is 10.2. The van der Waals surface area contributed by atoms with E-state index in [2.05, 4.69) is 4.98 Å². The molecular weight excluding hydrogens is 234 g/mol. The molecular formula is C12H17N3O3. The van der Waals surface area contributed by atoms with Crippen molar-refractivity contribution in [1.29, 1.82) is 0 Å². The van der Waals surface area contributed by atoms with Crippen LogP contribution in [0.25, 0.3) is 0 Å². The number of carbonyl (C=O) groups excluding carboxylic acids is 1. The Hall–Kier alpha value is -2.11. The molecule has 6 heteroatoms. The van der Waals surface area contributed by atoms with Crippen LogP contribution >= 0.6 is 0 Å². The molecule has 0 radical (unpaired) electrons. The van der Waals surface area contributed by atoms with E-state index in [-0.39, 0.29) is 5.91 Å². The maximum atomic E-state index is 11.0. The first kappa shape index (κ1) is 14.0. The Balaban J connectivity index is 0.000000199. The lowest BCUT2D eigenvalue weighted by Gasteiger charge is -2.19. The van der Waals surface area contributed by atoms with E-state index in [0.29, 0.717) is 18.7 Å². The van der Waals surface area contributed by atoms with Crippen molar-refractivity contribution in [2.24, 2.45) is 0 Å². The number of hydrogen-bond donors (Lipinski definition) is 2. The van der Waals surface area contributed by atoms with Gasteiger partial charge in [-0.2, -0.15) is 0 Å². The molecule has 1 aromatic heterocycles. The third-order valence-electron chi connectivity index (χ3n) is 2.62. The fourth-order valence-electron chi connectivity index (χ4n) is 1.59. The van der Waals surface area contributed by atoms with Gasteiger partial charge >= 0.3 is 5.97 Å². The first-order valence-corrected chi connectivity index (χ1v) is 5.70. The van der Waals surface area contributed by atoms with Crippen molar-refractivity contribution in [3.8, 4) is 0 Å². The summed E-state index contributed by atoms with van der Waals surface area (Å²) in [5.41, 5.74) is 6.01. The topological polar surface area (TPSA) is 96.5 Å². The second-order valence-corrected chi connectivity index (χ2v) is 3.99. The van der Waals surface area contributed by atoms with E-state index in [1.54, 1.807) is 24.5 Å². The number of aromatic nitrogens is 1. The van der Waals surface area contributed by atoms with E-state index in [4.69, 9.17) is 10.8 Å². The minimum Gasteiger partial charge on any atom is -0.480 e. The van der Waals surface area contributed by atoms with Crippen molar-refractivity contribution in [1.82, 2.24) is 9.88 Å². The van der Waals surface area contributed by atoms with Crippen LogP contribution in [0.3, 0.4) is 0 Å². The van der Waals surface area contributed by atoms with E-state index >= 15 is 0 Å². The average molecular weight is 251 g/mol. The van der Waals surface area contributed by atoms with Crippen LogP contribution in [-0.4, -0.2) is 39.5 Å². The summed E-state index contributed by atoms with van der Waals surface area (Å²) in [4.78, 5) is 26.6. The number of nitrogens with zero attached hydrogens (tertiary/aromatic N) is 2. The number of anilines is 1. The molecule has 6 nitrogen and oxygen atoms in total. The number of hydrogen-bond acceptors (Lipinski definition) is 4. The number of carboxylic acids is 1. The van der Waals surface area contributed by atoms with Gasteiger partial charge in [0.15, 0.2) is 0 Å². The van der Waals surface area contributed by atoms with Crippen LogP contribution < -0.4 is 5.73 Å². The van der Waals surface area contributed by atoms with Crippen molar-refractivity contribution in [3.05, 3.63) is 24.5 Å². The first-order valence-electron chi connectivity index (χ1n) is 5.70. The van der Waals surface area contributed by atoms with Gasteiger partial charge in [0.2, 0.25) is 5.91 Å². The van der Waals surface area contributed by atoms with Gasteiger partial charge < -0.3 is 15.7 Å². The quantitative estimate of drug-likeness (QED) is 0.808. The van der Waals surface area contributed by atoms with E-state index in [1.807, 2.05) is 0 Å². The maximum Gasteiger partial charge on any atom is 0.326 e. The molecule has 1 amide bonds. The summed E-state index contributed by atoms with van der Waals surface area (Å²) < 4.78 is 0. The predicted octanol–water partition coefficient (Wildman–Crippen LogP) is 0.746. The largest absolute Gasteiger partial charge is 0.480 e. The minimum absolute atomic E-state index is 0.0418. The molecule has 1 unspecified atom stereocenters. The van der Waals surface area contributed by atoms with Gasteiger partial charge in [-0.15, -0.1) is 0 Å². The molecule has 0 aliphatic carbocycles. The highest BCUT2D eigenvalue weighted by molar-refractivity contribution is 5.84. The molecule has 1 aromatic rings. The Labute approximate surface area is 105 Å². The number of amides is 1. The van der Waals surface area contributed by atoms with E-state index < -0.39 is 12.0 Å². The number of carbonyl (C=O) groups is 2. The van der Waals surface area contributed by atoms with Gasteiger partial charge in [0.1, 0.15) is 6.04 Å². The molecule has 3 N–H and O–H groups in total. The molecule has 1 fully saturated rings. The summed E-state index contributed by atoms with van der Waals surface area (Å²) in [6.07, 6.45) is 4.59. The normalized spacial score (nSPS) is 15.8. The second-order valence-electron chi connectivity index (χ2n) is 3.99. The van der Waals surface area contributed by atoms with Crippen molar-refractivity contribution in [2.75, 3.05) is 12.3 Å². The lowest BCUT2D eigenvalue weighted by atomic mass is 10.3. The molecule has 0 spiro atoms. The molecule has 1 atom stereocenters. The SMILES string of the molecule is CC(C(=O)O)N1CCCC1=O.Nc1cccnc1. The highest BCUT2D eigenvalue weighted by Crippen LogP contribution is 2.12. The number of pyridine rings is 1. The summed E-state index contributed by atoms with van der Waals surface area (Å²) in [6, 6.07) is 2.94. The zero-order chi connectivity index (χ0) is 13.5. The van der Waals surface area contributed by atoms with Gasteiger partial charge in [0.05, 0.1) is 5.69 Å². The zero-order valence-electron chi connectivity index (χ0n) is 10.2. The Morgan fingerprint density at radius 1 is 1.61 bits per heavy atom. The van der Waals surface area contributed by atoms with E-state index in [0.717, 1.165) is 6.42 Å². The van der Waals surface area contributed by atoms with Crippen LogP contribution in [0.5, 0.6) is 0 Å². The molecule has 0 bridgehead atoms. The number of nitrogen functional groups attached to an aromatic ring is 1. The van der Waals surface area contributed by atoms with Crippen molar-refractivity contribution in [2.45, 2.75) is 25.8 Å². The maximum absolute atomic E-state index is 11.0. The monoisotopic (exact) mass is 251 g/mol. The van der Waals surface area contributed by atoms with Crippen LogP contribution in [0.15, 0.2) is 24.5 Å². The summed E-state index contributed by atoms with van der Waals surface area (Å²) in [6.45, 7) is 2.12. The van der Waals surface area contributed by atoms with Crippen molar-refractivity contribution < 1.29 is 14.7 Å². The highest BCUT2D eigenvalue weighted by Gasteiger charge is 2.28. The fraction of sp³-hybridized carbons (Fsp3) is 0.417. The second kappa shape index (κ2) is 6.58. The molecule has 1 aliphatic rings. The van der Waals surface area contributed by atoms with E-state index in [1.165, 1.54) is 11.8 Å². The third kappa shape index (κ3) is 4.04. The number of nitrogens with two attached hydrogens (primary N) is 1. The molecule has 98 valence electrons. The predicted molar refractivity (Wildman–Crippen MR) is 66.7 cm³/mol. The van der Waals surface area contributed by atoms with Gasteiger partial charge in [-0.05, 0) is 25.5 Å². The van der Waals surface area contributed by atoms with Gasteiger partial charge in [-0.3, -0.25) is 9.78 Å².